The molecule has 0 saturated carbocycles. The highest BCUT2D eigenvalue weighted by atomic mass is 32.1. The van der Waals surface area contributed by atoms with E-state index in [-0.39, 0.29) is 10.7 Å². The van der Waals surface area contributed by atoms with E-state index >= 15 is 0 Å². The Labute approximate surface area is 114 Å². The van der Waals surface area contributed by atoms with Crippen LogP contribution in [0.5, 0.6) is 0 Å². The molecule has 19 heavy (non-hydrogen) atoms. The van der Waals surface area contributed by atoms with Crippen LogP contribution in [-0.4, -0.2) is 52.4 Å². The Balaban J connectivity index is 2.01. The standard InChI is InChI=1S/C11H15N5O2S/c1-13-3-2-4-14(6-5-13)9-10(16(17)18)15-7-8-19-11(15)12-9/h7-8H,2-6H2,1H3. The highest BCUT2D eigenvalue weighted by molar-refractivity contribution is 7.15. The summed E-state index contributed by atoms with van der Waals surface area (Å²) in [6.07, 6.45) is 2.71. The Morgan fingerprint density at radius 3 is 3.00 bits per heavy atom. The third kappa shape index (κ3) is 2.17. The number of hydrogen-bond donors (Lipinski definition) is 0. The molecule has 3 rings (SSSR count). The topological polar surface area (TPSA) is 66.9 Å². The van der Waals surface area contributed by atoms with Crippen molar-refractivity contribution >= 4 is 27.9 Å². The minimum atomic E-state index is -0.337. The van der Waals surface area contributed by atoms with Crippen molar-refractivity contribution in [2.45, 2.75) is 6.42 Å². The van der Waals surface area contributed by atoms with E-state index in [1.807, 2.05) is 10.3 Å². The molecule has 7 nitrogen and oxygen atoms in total. The van der Waals surface area contributed by atoms with Crippen molar-refractivity contribution in [1.29, 1.82) is 0 Å². The van der Waals surface area contributed by atoms with Gasteiger partial charge in [-0.2, -0.15) is 9.38 Å². The van der Waals surface area contributed by atoms with Crippen molar-refractivity contribution in [3.8, 4) is 0 Å². The number of aromatic nitrogens is 2. The van der Waals surface area contributed by atoms with Crippen LogP contribution in [-0.2, 0) is 0 Å². The Morgan fingerprint density at radius 2 is 2.21 bits per heavy atom. The van der Waals surface area contributed by atoms with Gasteiger partial charge in [-0.1, -0.05) is 11.3 Å². The summed E-state index contributed by atoms with van der Waals surface area (Å²) in [5.41, 5.74) is 0. The molecule has 1 aliphatic heterocycles. The summed E-state index contributed by atoms with van der Waals surface area (Å²) in [6.45, 7) is 3.52. The van der Waals surface area contributed by atoms with Crippen molar-refractivity contribution in [2.24, 2.45) is 0 Å². The molecule has 0 amide bonds. The smallest absolute Gasteiger partial charge is 0.358 e. The zero-order valence-electron chi connectivity index (χ0n) is 10.7. The lowest BCUT2D eigenvalue weighted by Gasteiger charge is -2.19. The number of fused-ring (bicyclic) bond motifs is 1. The summed E-state index contributed by atoms with van der Waals surface area (Å²) in [5, 5.41) is 13.1. The molecular weight excluding hydrogens is 266 g/mol. The van der Waals surface area contributed by atoms with E-state index in [1.165, 1.54) is 11.3 Å². The van der Waals surface area contributed by atoms with Crippen LogP contribution in [0.15, 0.2) is 11.6 Å². The summed E-state index contributed by atoms with van der Waals surface area (Å²) in [5.74, 6) is 0.591. The molecule has 0 radical (unpaired) electrons. The van der Waals surface area contributed by atoms with Crippen LogP contribution >= 0.6 is 11.3 Å². The van der Waals surface area contributed by atoms with Crippen molar-refractivity contribution in [3.63, 3.8) is 0 Å². The molecule has 0 aliphatic carbocycles. The fraction of sp³-hybridized carbons (Fsp3) is 0.545. The fourth-order valence-corrected chi connectivity index (χ4v) is 3.11. The summed E-state index contributed by atoms with van der Waals surface area (Å²) < 4.78 is 1.56. The highest BCUT2D eigenvalue weighted by Crippen LogP contribution is 2.31. The maximum atomic E-state index is 11.3. The third-order valence-electron chi connectivity index (χ3n) is 3.41. The van der Waals surface area contributed by atoms with E-state index in [2.05, 4.69) is 16.9 Å². The van der Waals surface area contributed by atoms with Gasteiger partial charge in [0.25, 0.3) is 4.96 Å². The van der Waals surface area contributed by atoms with Gasteiger partial charge in [-0.3, -0.25) is 0 Å². The van der Waals surface area contributed by atoms with Gasteiger partial charge in [0.1, 0.15) is 6.20 Å². The van der Waals surface area contributed by atoms with Crippen molar-refractivity contribution in [1.82, 2.24) is 14.3 Å². The van der Waals surface area contributed by atoms with Gasteiger partial charge in [0.15, 0.2) is 0 Å². The van der Waals surface area contributed by atoms with Gasteiger partial charge >= 0.3 is 5.82 Å². The SMILES string of the molecule is CN1CCCN(c2nc3sccn3c2[N+](=O)[O-])CC1. The van der Waals surface area contributed by atoms with Crippen LogP contribution in [0.3, 0.4) is 0 Å². The molecule has 8 heteroatoms. The minimum Gasteiger partial charge on any atom is -0.358 e. The molecule has 3 heterocycles. The molecule has 0 bridgehead atoms. The number of thiazole rings is 1. The molecule has 0 N–H and O–H groups in total. The van der Waals surface area contributed by atoms with Gasteiger partial charge in [0.2, 0.25) is 5.82 Å². The normalized spacial score (nSPS) is 17.8. The lowest BCUT2D eigenvalue weighted by molar-refractivity contribution is -0.389. The van der Waals surface area contributed by atoms with Gasteiger partial charge < -0.3 is 19.9 Å². The maximum Gasteiger partial charge on any atom is 0.373 e. The largest absolute Gasteiger partial charge is 0.373 e. The Bertz CT molecular complexity index is 607. The minimum absolute atomic E-state index is 0.0841. The predicted octanol–water partition coefficient (Wildman–Crippen LogP) is 1.45. The highest BCUT2D eigenvalue weighted by Gasteiger charge is 2.28. The zero-order valence-corrected chi connectivity index (χ0v) is 11.5. The molecule has 0 unspecified atom stereocenters. The summed E-state index contributed by atoms with van der Waals surface area (Å²) in [4.78, 5) is 20.3. The monoisotopic (exact) mass is 281 g/mol. The number of anilines is 1. The zero-order chi connectivity index (χ0) is 13.4. The first-order valence-corrected chi connectivity index (χ1v) is 7.08. The van der Waals surface area contributed by atoms with E-state index in [0.717, 1.165) is 32.6 Å². The molecule has 0 aromatic carbocycles. The van der Waals surface area contributed by atoms with Gasteiger partial charge in [0.05, 0.1) is 0 Å². The second-order valence-corrected chi connectivity index (χ2v) is 5.59. The number of hydrogen-bond acceptors (Lipinski definition) is 6. The van der Waals surface area contributed by atoms with Crippen LogP contribution in [0, 0.1) is 10.1 Å². The van der Waals surface area contributed by atoms with Crippen LogP contribution in [0.1, 0.15) is 6.42 Å². The van der Waals surface area contributed by atoms with Crippen molar-refractivity contribution in [2.75, 3.05) is 38.1 Å². The summed E-state index contributed by atoms with van der Waals surface area (Å²) in [7, 11) is 2.07. The first kappa shape index (κ1) is 12.4. The lowest BCUT2D eigenvalue weighted by atomic mass is 10.4. The molecule has 102 valence electrons. The van der Waals surface area contributed by atoms with Crippen molar-refractivity contribution < 1.29 is 4.92 Å². The average molecular weight is 281 g/mol. The number of nitrogens with zero attached hydrogens (tertiary/aromatic N) is 5. The van der Waals surface area contributed by atoms with Crippen LogP contribution < -0.4 is 4.90 Å². The quantitative estimate of drug-likeness (QED) is 0.615. The van der Waals surface area contributed by atoms with Gasteiger partial charge in [-0.15, -0.1) is 0 Å². The van der Waals surface area contributed by atoms with E-state index in [1.54, 1.807) is 10.6 Å². The Kier molecular flexibility index (Phi) is 3.11. The van der Waals surface area contributed by atoms with E-state index in [9.17, 15) is 10.1 Å². The molecule has 2 aromatic rings. The van der Waals surface area contributed by atoms with E-state index in [4.69, 9.17) is 0 Å². The summed E-state index contributed by atoms with van der Waals surface area (Å²) >= 11 is 1.42. The Morgan fingerprint density at radius 1 is 1.37 bits per heavy atom. The van der Waals surface area contributed by atoms with E-state index < -0.39 is 0 Å². The third-order valence-corrected chi connectivity index (χ3v) is 4.17. The molecule has 1 aliphatic rings. The van der Waals surface area contributed by atoms with Gasteiger partial charge in [-0.05, 0) is 24.9 Å². The first-order chi connectivity index (χ1) is 9.16. The lowest BCUT2D eigenvalue weighted by Crippen LogP contribution is -2.29. The number of rotatable bonds is 2. The maximum absolute atomic E-state index is 11.3. The molecule has 2 aromatic heterocycles. The first-order valence-electron chi connectivity index (χ1n) is 6.20. The second kappa shape index (κ2) is 4.78. The number of nitro groups is 1. The van der Waals surface area contributed by atoms with Crippen molar-refractivity contribution in [3.05, 3.63) is 21.7 Å². The summed E-state index contributed by atoms with van der Waals surface area (Å²) in [6, 6.07) is 0. The predicted molar refractivity (Wildman–Crippen MR) is 74.1 cm³/mol. The molecular formula is C11H15N5O2S. The van der Waals surface area contributed by atoms with Gasteiger partial charge in [0, 0.05) is 25.0 Å². The molecule has 1 fully saturated rings. The second-order valence-electron chi connectivity index (χ2n) is 4.72. The average Bonchev–Trinajstić information content (AvgIpc) is 2.86. The fourth-order valence-electron chi connectivity index (χ4n) is 2.40. The van der Waals surface area contributed by atoms with Crippen LogP contribution in [0.2, 0.25) is 0 Å². The Hall–Kier alpha value is -1.67. The van der Waals surface area contributed by atoms with E-state index in [0.29, 0.717) is 10.8 Å². The molecule has 1 saturated heterocycles. The number of likely N-dealkylation sites (N-methyl/N-ethyl adjacent to an activating group) is 1. The number of imidazole rings is 1. The molecule has 0 spiro atoms. The molecule has 0 atom stereocenters. The van der Waals surface area contributed by atoms with Crippen LogP contribution in [0.4, 0.5) is 11.6 Å². The van der Waals surface area contributed by atoms with Crippen LogP contribution in [0.25, 0.3) is 4.96 Å². The van der Waals surface area contributed by atoms with Gasteiger partial charge in [-0.25, -0.2) is 0 Å².